The van der Waals surface area contributed by atoms with Gasteiger partial charge in [-0.05, 0) is 30.6 Å². The predicted molar refractivity (Wildman–Crippen MR) is 131 cm³/mol. The Balaban J connectivity index is 1.63. The first-order valence-corrected chi connectivity index (χ1v) is 14.4. The average molecular weight is 474 g/mol. The van der Waals surface area contributed by atoms with Crippen LogP contribution in [0.5, 0.6) is 0 Å². The molecule has 2 heterocycles. The van der Waals surface area contributed by atoms with Gasteiger partial charge >= 0.3 is 0 Å². The number of nitro benzene ring substituents is 1. The second-order valence-electron chi connectivity index (χ2n) is 10.2. The smallest absolute Gasteiger partial charge is 0.274 e. The summed E-state index contributed by atoms with van der Waals surface area (Å²) < 4.78 is 12.9. The summed E-state index contributed by atoms with van der Waals surface area (Å²) in [5.41, 5.74) is 0.566. The van der Waals surface area contributed by atoms with Crippen molar-refractivity contribution < 1.29 is 18.9 Å². The van der Waals surface area contributed by atoms with E-state index in [4.69, 9.17) is 9.16 Å². The van der Waals surface area contributed by atoms with E-state index in [1.165, 1.54) is 6.07 Å². The predicted octanol–water partition coefficient (Wildman–Crippen LogP) is 4.75. The van der Waals surface area contributed by atoms with Gasteiger partial charge in [0.25, 0.3) is 11.6 Å². The van der Waals surface area contributed by atoms with Gasteiger partial charge in [0.1, 0.15) is 5.84 Å². The number of rotatable bonds is 7. The molecular formula is C24H35N3O5Si. The highest BCUT2D eigenvalue weighted by atomic mass is 28.4. The molecule has 1 saturated heterocycles. The summed E-state index contributed by atoms with van der Waals surface area (Å²) >= 11 is 0. The lowest BCUT2D eigenvalue weighted by atomic mass is 9.95. The van der Waals surface area contributed by atoms with Gasteiger partial charge in [0.15, 0.2) is 8.32 Å². The minimum atomic E-state index is -1.96. The van der Waals surface area contributed by atoms with Crippen LogP contribution >= 0.6 is 0 Å². The molecule has 8 nitrogen and oxygen atoms in total. The third-order valence-electron chi connectivity index (χ3n) is 6.91. The van der Waals surface area contributed by atoms with Crippen LogP contribution in [0.15, 0.2) is 41.4 Å². The maximum absolute atomic E-state index is 12.8. The quantitative estimate of drug-likeness (QED) is 0.348. The van der Waals surface area contributed by atoms with Gasteiger partial charge < -0.3 is 14.5 Å². The number of amidine groups is 1. The van der Waals surface area contributed by atoms with E-state index in [0.717, 1.165) is 6.42 Å². The number of ether oxygens (including phenoxy) is 1. The molecule has 0 saturated carbocycles. The molecule has 0 spiro atoms. The van der Waals surface area contributed by atoms with Gasteiger partial charge in [0.05, 0.1) is 29.2 Å². The molecule has 1 unspecified atom stereocenters. The number of carbonyl (C=O) groups excluding carboxylic acids is 1. The Bertz CT molecular complexity index is 954. The number of amides is 1. The first-order chi connectivity index (χ1) is 15.4. The second-order valence-corrected chi connectivity index (χ2v) is 15.0. The number of para-hydroxylation sites is 1. The Morgan fingerprint density at radius 2 is 2.00 bits per heavy atom. The number of nitro groups is 1. The Morgan fingerprint density at radius 3 is 2.61 bits per heavy atom. The third kappa shape index (κ3) is 5.77. The van der Waals surface area contributed by atoms with E-state index in [0.29, 0.717) is 17.8 Å². The van der Waals surface area contributed by atoms with Crippen molar-refractivity contribution in [1.29, 1.82) is 0 Å². The van der Waals surface area contributed by atoms with Gasteiger partial charge in [-0.2, -0.15) is 4.99 Å². The molecule has 3 rings (SSSR count). The molecule has 1 aromatic rings. The number of nitrogens with one attached hydrogen (secondary N) is 1. The zero-order valence-electron chi connectivity index (χ0n) is 20.3. The van der Waals surface area contributed by atoms with Gasteiger partial charge in [-0.3, -0.25) is 14.9 Å². The van der Waals surface area contributed by atoms with E-state index >= 15 is 0 Å². The van der Waals surface area contributed by atoms with E-state index in [1.807, 2.05) is 6.08 Å². The standard InChI is InChI=1S/C24H35N3O5Si/c1-7-19-21(32-33(5,6)24(2,3)4)14-20(31-19)17-12-13-22(26-23(17)28)25-15-16-10-8-9-11-18(16)27(29)30/h8-13,17,19-21H,7,14-15H2,1-6H3,(H,25,26,28)/t17?,19-,20-,21-/m1/s1. The zero-order chi connectivity index (χ0) is 24.4. The van der Waals surface area contributed by atoms with E-state index in [1.54, 1.807) is 24.3 Å². The van der Waals surface area contributed by atoms with Crippen molar-refractivity contribution in [2.45, 2.75) is 83.5 Å². The highest BCUT2D eigenvalue weighted by Crippen LogP contribution is 2.41. The first-order valence-electron chi connectivity index (χ1n) is 11.5. The maximum Gasteiger partial charge on any atom is 0.274 e. The number of aliphatic imine (C=N–C) groups is 1. The fourth-order valence-corrected chi connectivity index (χ4v) is 5.29. The molecule has 0 bridgehead atoms. The third-order valence-corrected chi connectivity index (χ3v) is 11.4. The maximum atomic E-state index is 12.8. The number of dihydropyridines is 1. The summed E-state index contributed by atoms with van der Waals surface area (Å²) in [5, 5.41) is 14.3. The van der Waals surface area contributed by atoms with E-state index in [9.17, 15) is 14.9 Å². The molecule has 1 fully saturated rings. The molecule has 180 valence electrons. The van der Waals surface area contributed by atoms with Gasteiger partial charge in [0, 0.05) is 24.6 Å². The summed E-state index contributed by atoms with van der Waals surface area (Å²) in [6.07, 6.45) is 4.74. The fraction of sp³-hybridized carbons (Fsp3) is 0.583. The molecule has 0 aliphatic carbocycles. The number of benzene rings is 1. The molecule has 1 amide bonds. The lowest BCUT2D eigenvalue weighted by molar-refractivity contribution is -0.385. The summed E-state index contributed by atoms with van der Waals surface area (Å²) in [7, 11) is -1.96. The summed E-state index contributed by atoms with van der Waals surface area (Å²) in [6, 6.07) is 6.51. The molecule has 2 aliphatic rings. The van der Waals surface area contributed by atoms with Crippen LogP contribution in [0.4, 0.5) is 5.69 Å². The minimum absolute atomic E-state index is 0.0239. The lowest BCUT2D eigenvalue weighted by Gasteiger charge is -2.39. The van der Waals surface area contributed by atoms with E-state index in [-0.39, 0.29) is 41.5 Å². The zero-order valence-corrected chi connectivity index (χ0v) is 21.3. The van der Waals surface area contributed by atoms with Crippen LogP contribution in [0.1, 0.15) is 46.1 Å². The molecule has 2 aliphatic heterocycles. The van der Waals surface area contributed by atoms with Crippen LogP contribution in [0.25, 0.3) is 0 Å². The van der Waals surface area contributed by atoms with E-state index < -0.39 is 19.2 Å². The van der Waals surface area contributed by atoms with Crippen LogP contribution in [0, 0.1) is 16.0 Å². The lowest BCUT2D eigenvalue weighted by Crippen LogP contribution is -2.45. The van der Waals surface area contributed by atoms with Crippen LogP contribution in [-0.2, 0) is 20.5 Å². The Hall–Kier alpha value is -2.36. The van der Waals surface area contributed by atoms with Crippen molar-refractivity contribution in [3.05, 3.63) is 52.1 Å². The Labute approximate surface area is 196 Å². The molecule has 1 aromatic carbocycles. The Morgan fingerprint density at radius 1 is 1.30 bits per heavy atom. The normalized spacial score (nSPS) is 25.8. The summed E-state index contributed by atoms with van der Waals surface area (Å²) in [5.74, 6) is -0.326. The first kappa shape index (κ1) is 25.3. The number of hydrogen-bond acceptors (Lipinski definition) is 6. The summed E-state index contributed by atoms with van der Waals surface area (Å²) in [6.45, 7) is 13.4. The van der Waals surface area contributed by atoms with Crippen LogP contribution in [0.3, 0.4) is 0 Å². The Kier molecular flexibility index (Phi) is 7.55. The van der Waals surface area contributed by atoms with Gasteiger partial charge in [-0.15, -0.1) is 0 Å². The second kappa shape index (κ2) is 9.86. The number of nitrogens with zero attached hydrogens (tertiary/aromatic N) is 2. The molecule has 0 aromatic heterocycles. The topological polar surface area (TPSA) is 103 Å². The summed E-state index contributed by atoms with van der Waals surface area (Å²) in [4.78, 5) is 27.8. The van der Waals surface area contributed by atoms with Crippen LogP contribution in [0.2, 0.25) is 18.1 Å². The molecular weight excluding hydrogens is 438 g/mol. The number of hydrogen-bond donors (Lipinski definition) is 1. The molecule has 33 heavy (non-hydrogen) atoms. The van der Waals surface area contributed by atoms with Crippen molar-refractivity contribution in [2.75, 3.05) is 0 Å². The molecule has 9 heteroatoms. The highest BCUT2D eigenvalue weighted by Gasteiger charge is 2.46. The van der Waals surface area contributed by atoms with Crippen molar-refractivity contribution in [2.24, 2.45) is 10.9 Å². The minimum Gasteiger partial charge on any atom is -0.411 e. The monoisotopic (exact) mass is 473 g/mol. The van der Waals surface area contributed by atoms with Crippen LogP contribution < -0.4 is 5.32 Å². The molecule has 4 atom stereocenters. The van der Waals surface area contributed by atoms with Gasteiger partial charge in [0.2, 0.25) is 0 Å². The highest BCUT2D eigenvalue weighted by molar-refractivity contribution is 6.74. The van der Waals surface area contributed by atoms with Crippen molar-refractivity contribution in [1.82, 2.24) is 5.32 Å². The SMILES string of the molecule is CC[C@H]1O[C@@H](C2C=CC(NCc3ccccc3[N+](=O)[O-])=NC2=O)C[C@H]1O[Si](C)(C)C(C)(C)C. The van der Waals surface area contributed by atoms with Gasteiger partial charge in [-0.25, -0.2) is 0 Å². The van der Waals surface area contributed by atoms with E-state index in [2.05, 4.69) is 51.1 Å². The molecule has 1 N–H and O–H groups in total. The largest absolute Gasteiger partial charge is 0.411 e. The van der Waals surface area contributed by atoms with Crippen molar-refractivity contribution in [3.8, 4) is 0 Å². The van der Waals surface area contributed by atoms with Crippen molar-refractivity contribution >= 4 is 25.7 Å². The van der Waals surface area contributed by atoms with Gasteiger partial charge in [-0.1, -0.05) is 52.0 Å². The number of carbonyl (C=O) groups is 1. The fourth-order valence-electron chi connectivity index (χ4n) is 3.93. The average Bonchev–Trinajstić information content (AvgIpc) is 3.13. The molecule has 0 radical (unpaired) electrons. The van der Waals surface area contributed by atoms with Crippen molar-refractivity contribution in [3.63, 3.8) is 0 Å². The van der Waals surface area contributed by atoms with Crippen LogP contribution in [-0.4, -0.2) is 43.3 Å².